The Morgan fingerprint density at radius 3 is 2.25 bits per heavy atom. The van der Waals surface area contributed by atoms with Crippen LogP contribution in [0.1, 0.15) is 0 Å². The van der Waals surface area contributed by atoms with Crippen LogP contribution in [0.5, 0.6) is 0 Å². The lowest BCUT2D eigenvalue weighted by Gasteiger charge is -2.02. The molecule has 0 saturated carbocycles. The van der Waals surface area contributed by atoms with Gasteiger partial charge in [-0.3, -0.25) is 0 Å². The van der Waals surface area contributed by atoms with E-state index in [9.17, 15) is 0 Å². The molecule has 1 fully saturated rings. The second kappa shape index (κ2) is 3.60. The number of hydrogen-bond donors (Lipinski definition) is 0. The first-order chi connectivity index (χ1) is 5.86. The molecule has 1 aliphatic rings. The van der Waals surface area contributed by atoms with E-state index in [-0.39, 0.29) is 7.12 Å². The Hall–Kier alpha value is -0.315. The minimum absolute atomic E-state index is 0.155. The molecular weight excluding hydrogens is 219 g/mol. The van der Waals surface area contributed by atoms with Crippen LogP contribution in [-0.4, -0.2) is 20.3 Å². The lowest BCUT2D eigenvalue weighted by Crippen LogP contribution is -2.31. The zero-order chi connectivity index (χ0) is 8.39. The molecule has 0 amide bonds. The van der Waals surface area contributed by atoms with Crippen LogP contribution in [0.3, 0.4) is 0 Å². The van der Waals surface area contributed by atoms with Gasteiger partial charge in [-0.1, -0.05) is 28.1 Å². The standard InChI is InChI=1S/C8H8BBrO2/c10-8-3-1-7(2-4-8)9-11-5-6-12-9/h1-4H,5-6H2. The van der Waals surface area contributed by atoms with Gasteiger partial charge >= 0.3 is 7.12 Å². The molecule has 1 aromatic carbocycles. The Morgan fingerprint density at radius 2 is 1.67 bits per heavy atom. The second-order valence-corrected chi connectivity index (χ2v) is 3.54. The van der Waals surface area contributed by atoms with Crippen molar-refractivity contribution in [1.29, 1.82) is 0 Å². The van der Waals surface area contributed by atoms with Crippen molar-refractivity contribution in [2.24, 2.45) is 0 Å². The summed E-state index contributed by atoms with van der Waals surface area (Å²) >= 11 is 3.37. The van der Waals surface area contributed by atoms with Crippen molar-refractivity contribution < 1.29 is 9.31 Å². The van der Waals surface area contributed by atoms with Crippen LogP contribution < -0.4 is 5.46 Å². The van der Waals surface area contributed by atoms with E-state index in [1.807, 2.05) is 24.3 Å². The largest absolute Gasteiger partial charge is 0.494 e. The maximum Gasteiger partial charge on any atom is 0.494 e. The van der Waals surface area contributed by atoms with Crippen molar-refractivity contribution in [2.75, 3.05) is 13.2 Å². The second-order valence-electron chi connectivity index (χ2n) is 2.63. The molecule has 0 radical (unpaired) electrons. The molecular formula is C8H8BBrO2. The Morgan fingerprint density at radius 1 is 1.08 bits per heavy atom. The molecule has 0 unspecified atom stereocenters. The third kappa shape index (κ3) is 1.71. The quantitative estimate of drug-likeness (QED) is 0.670. The van der Waals surface area contributed by atoms with Gasteiger partial charge in [0.05, 0.1) is 13.2 Å². The zero-order valence-corrected chi connectivity index (χ0v) is 8.08. The van der Waals surface area contributed by atoms with Crippen molar-refractivity contribution in [3.63, 3.8) is 0 Å². The highest BCUT2D eigenvalue weighted by molar-refractivity contribution is 9.10. The van der Waals surface area contributed by atoms with Gasteiger partial charge < -0.3 is 9.31 Å². The first-order valence-electron chi connectivity index (χ1n) is 3.85. The number of rotatable bonds is 1. The first-order valence-corrected chi connectivity index (χ1v) is 4.64. The van der Waals surface area contributed by atoms with E-state index >= 15 is 0 Å². The topological polar surface area (TPSA) is 18.5 Å². The summed E-state index contributed by atoms with van der Waals surface area (Å²) in [7, 11) is -0.155. The molecule has 2 rings (SSSR count). The van der Waals surface area contributed by atoms with Crippen molar-refractivity contribution in [3.05, 3.63) is 28.7 Å². The minimum atomic E-state index is -0.155. The normalized spacial score (nSPS) is 16.9. The summed E-state index contributed by atoms with van der Waals surface area (Å²) in [5, 5.41) is 0. The predicted octanol–water partition coefficient (Wildman–Crippen LogP) is 1.19. The molecule has 62 valence electrons. The van der Waals surface area contributed by atoms with Gasteiger partial charge in [0, 0.05) is 4.47 Å². The molecule has 2 nitrogen and oxygen atoms in total. The van der Waals surface area contributed by atoms with E-state index in [1.54, 1.807) is 0 Å². The fraction of sp³-hybridized carbons (Fsp3) is 0.250. The summed E-state index contributed by atoms with van der Waals surface area (Å²) in [5.41, 5.74) is 1.08. The van der Waals surface area contributed by atoms with Crippen LogP contribution in [0.2, 0.25) is 0 Å². The third-order valence-electron chi connectivity index (χ3n) is 1.76. The molecule has 1 heterocycles. The Labute approximate surface area is 80.1 Å². The maximum atomic E-state index is 5.34. The molecule has 0 atom stereocenters. The summed E-state index contributed by atoms with van der Waals surface area (Å²) in [6.07, 6.45) is 0. The molecule has 4 heteroatoms. The Bertz CT molecular complexity index is 256. The summed E-state index contributed by atoms with van der Waals surface area (Å²) in [5.74, 6) is 0. The van der Waals surface area contributed by atoms with E-state index in [0.29, 0.717) is 13.2 Å². The average molecular weight is 227 g/mol. The van der Waals surface area contributed by atoms with Crippen molar-refractivity contribution >= 4 is 28.5 Å². The average Bonchev–Trinajstić information content (AvgIpc) is 2.58. The molecule has 1 aromatic rings. The molecule has 0 bridgehead atoms. The number of halogens is 1. The van der Waals surface area contributed by atoms with Gasteiger partial charge in [0.25, 0.3) is 0 Å². The maximum absolute atomic E-state index is 5.34. The van der Waals surface area contributed by atoms with Crippen molar-refractivity contribution in [1.82, 2.24) is 0 Å². The van der Waals surface area contributed by atoms with Gasteiger partial charge in [0.15, 0.2) is 0 Å². The summed E-state index contributed by atoms with van der Waals surface area (Å²) < 4.78 is 11.8. The van der Waals surface area contributed by atoms with Gasteiger partial charge in [-0.15, -0.1) is 0 Å². The van der Waals surface area contributed by atoms with Gasteiger partial charge in [0.2, 0.25) is 0 Å². The van der Waals surface area contributed by atoms with Gasteiger partial charge in [-0.2, -0.15) is 0 Å². The molecule has 1 aliphatic heterocycles. The third-order valence-corrected chi connectivity index (χ3v) is 2.29. The highest BCUT2D eigenvalue weighted by Crippen LogP contribution is 2.07. The lowest BCUT2D eigenvalue weighted by atomic mass is 9.80. The molecule has 0 N–H and O–H groups in total. The van der Waals surface area contributed by atoms with Gasteiger partial charge in [-0.25, -0.2) is 0 Å². The van der Waals surface area contributed by atoms with Crippen molar-refractivity contribution in [2.45, 2.75) is 0 Å². The molecule has 12 heavy (non-hydrogen) atoms. The fourth-order valence-corrected chi connectivity index (χ4v) is 1.44. The van der Waals surface area contributed by atoms with Crippen LogP contribution in [0, 0.1) is 0 Å². The monoisotopic (exact) mass is 226 g/mol. The van der Waals surface area contributed by atoms with E-state index in [2.05, 4.69) is 15.9 Å². The van der Waals surface area contributed by atoms with Gasteiger partial charge in [0.1, 0.15) is 0 Å². The predicted molar refractivity (Wildman–Crippen MR) is 51.4 cm³/mol. The Kier molecular flexibility index (Phi) is 2.49. The Balaban J connectivity index is 2.17. The molecule has 0 spiro atoms. The number of benzene rings is 1. The summed E-state index contributed by atoms with van der Waals surface area (Å²) in [4.78, 5) is 0. The fourth-order valence-electron chi connectivity index (χ4n) is 1.17. The van der Waals surface area contributed by atoms with Crippen LogP contribution in [0.4, 0.5) is 0 Å². The highest BCUT2D eigenvalue weighted by Gasteiger charge is 2.25. The summed E-state index contributed by atoms with van der Waals surface area (Å²) in [6.45, 7) is 1.39. The van der Waals surface area contributed by atoms with Crippen LogP contribution >= 0.6 is 15.9 Å². The lowest BCUT2D eigenvalue weighted by molar-refractivity contribution is 0.365. The van der Waals surface area contributed by atoms with E-state index in [4.69, 9.17) is 9.31 Å². The smallest absolute Gasteiger partial charge is 0.405 e. The van der Waals surface area contributed by atoms with E-state index in [1.165, 1.54) is 0 Å². The first kappa shape index (κ1) is 8.29. The zero-order valence-electron chi connectivity index (χ0n) is 6.50. The number of hydrogen-bond acceptors (Lipinski definition) is 2. The SMILES string of the molecule is Brc1ccc(B2OCCO2)cc1. The van der Waals surface area contributed by atoms with E-state index in [0.717, 1.165) is 9.94 Å². The molecule has 1 saturated heterocycles. The van der Waals surface area contributed by atoms with Crippen LogP contribution in [0.15, 0.2) is 28.7 Å². The van der Waals surface area contributed by atoms with Crippen LogP contribution in [-0.2, 0) is 9.31 Å². The van der Waals surface area contributed by atoms with Gasteiger partial charge in [-0.05, 0) is 17.6 Å². The van der Waals surface area contributed by atoms with Crippen LogP contribution in [0.25, 0.3) is 0 Å². The molecule has 0 aliphatic carbocycles. The summed E-state index contributed by atoms with van der Waals surface area (Å²) in [6, 6.07) is 7.97. The van der Waals surface area contributed by atoms with E-state index < -0.39 is 0 Å². The van der Waals surface area contributed by atoms with Crippen molar-refractivity contribution in [3.8, 4) is 0 Å². The highest BCUT2D eigenvalue weighted by atomic mass is 79.9. The molecule has 0 aromatic heterocycles. The minimum Gasteiger partial charge on any atom is -0.405 e.